The summed E-state index contributed by atoms with van der Waals surface area (Å²) in [6.45, 7) is 0. The van der Waals surface area contributed by atoms with Crippen molar-refractivity contribution in [2.45, 2.75) is 24.8 Å². The zero-order valence-corrected chi connectivity index (χ0v) is 12.1. The van der Waals surface area contributed by atoms with Crippen molar-refractivity contribution in [2.24, 2.45) is 0 Å². The number of tetrazole rings is 1. The maximum Gasteiger partial charge on any atom is 0.331 e. The summed E-state index contributed by atoms with van der Waals surface area (Å²) in [6.07, 6.45) is 1.33. The van der Waals surface area contributed by atoms with Crippen LogP contribution in [-0.2, 0) is 10.3 Å². The van der Waals surface area contributed by atoms with Crippen LogP contribution in [0.25, 0.3) is 11.4 Å². The Morgan fingerprint density at radius 1 is 1.33 bits per heavy atom. The average Bonchev–Trinajstić information content (AvgIpc) is 2.75. The Labute approximate surface area is 125 Å². The van der Waals surface area contributed by atoms with Crippen molar-refractivity contribution in [1.82, 2.24) is 20.2 Å². The number of hydrogen-bond acceptors (Lipinski definition) is 4. The van der Waals surface area contributed by atoms with E-state index in [1.165, 1.54) is 0 Å². The molecule has 0 unspecified atom stereocenters. The second kappa shape index (κ2) is 4.83. The maximum atomic E-state index is 14.0. The van der Waals surface area contributed by atoms with E-state index in [0.717, 1.165) is 16.8 Å². The summed E-state index contributed by atoms with van der Waals surface area (Å²) in [5.41, 5.74) is -1.76. The number of carboxylic acids is 1. The predicted molar refractivity (Wildman–Crippen MR) is 70.3 cm³/mol. The Kier molecular flexibility index (Phi) is 3.23. The second-order valence-electron chi connectivity index (χ2n) is 4.85. The van der Waals surface area contributed by atoms with Crippen LogP contribution in [0.2, 0.25) is 0 Å². The normalized spacial score (nSPS) is 16.5. The first-order valence-corrected chi connectivity index (χ1v) is 6.92. The number of benzene rings is 1. The topological polar surface area (TPSA) is 80.9 Å². The third-order valence-electron chi connectivity index (χ3n) is 3.68. The minimum Gasteiger partial charge on any atom is -0.479 e. The molecule has 0 saturated heterocycles. The van der Waals surface area contributed by atoms with Gasteiger partial charge in [-0.25, -0.2) is 18.3 Å². The fraction of sp³-hybridized carbons (Fsp3) is 0.333. The van der Waals surface area contributed by atoms with Crippen molar-refractivity contribution in [1.29, 1.82) is 0 Å². The summed E-state index contributed by atoms with van der Waals surface area (Å²) < 4.78 is 29.3. The van der Waals surface area contributed by atoms with E-state index < -0.39 is 28.7 Å². The number of rotatable bonds is 3. The quantitative estimate of drug-likeness (QED) is 0.910. The van der Waals surface area contributed by atoms with E-state index in [4.69, 9.17) is 0 Å². The van der Waals surface area contributed by atoms with Crippen LogP contribution in [0.5, 0.6) is 0 Å². The van der Waals surface area contributed by atoms with Gasteiger partial charge in [0.25, 0.3) is 0 Å². The fourth-order valence-corrected chi connectivity index (χ4v) is 2.82. The number of carboxylic acid groups (broad SMARTS) is 1. The number of halogens is 3. The molecule has 0 bridgehead atoms. The molecule has 0 aliphatic heterocycles. The third kappa shape index (κ3) is 2.03. The van der Waals surface area contributed by atoms with Crippen LogP contribution in [0.4, 0.5) is 8.78 Å². The van der Waals surface area contributed by atoms with Crippen LogP contribution in [0, 0.1) is 11.6 Å². The Morgan fingerprint density at radius 3 is 2.43 bits per heavy atom. The Morgan fingerprint density at radius 2 is 1.95 bits per heavy atom. The second-order valence-corrected chi connectivity index (χ2v) is 5.76. The van der Waals surface area contributed by atoms with Crippen LogP contribution in [0.3, 0.4) is 0 Å². The van der Waals surface area contributed by atoms with E-state index >= 15 is 0 Å². The number of aliphatic carboxylic acids is 1. The van der Waals surface area contributed by atoms with Crippen molar-refractivity contribution in [3.05, 3.63) is 28.2 Å². The average molecular weight is 359 g/mol. The molecule has 1 saturated carbocycles. The van der Waals surface area contributed by atoms with Gasteiger partial charge in [0.1, 0.15) is 11.6 Å². The Bertz CT molecular complexity index is 707. The Balaban J connectivity index is 2.19. The molecule has 1 heterocycles. The molecule has 1 aliphatic rings. The van der Waals surface area contributed by atoms with Gasteiger partial charge < -0.3 is 5.11 Å². The number of aromatic nitrogens is 4. The largest absolute Gasteiger partial charge is 0.479 e. The van der Waals surface area contributed by atoms with Gasteiger partial charge in [-0.15, -0.1) is 5.10 Å². The molecule has 1 aromatic carbocycles. The fourth-order valence-electron chi connectivity index (χ4n) is 2.42. The molecule has 110 valence electrons. The number of hydrogen-bond donors (Lipinski definition) is 1. The van der Waals surface area contributed by atoms with Gasteiger partial charge in [0.05, 0.1) is 5.56 Å². The highest BCUT2D eigenvalue weighted by molar-refractivity contribution is 9.10. The molecule has 1 aromatic heterocycles. The van der Waals surface area contributed by atoms with Crippen LogP contribution < -0.4 is 0 Å². The summed E-state index contributed by atoms with van der Waals surface area (Å²) in [5, 5.41) is 20.0. The van der Waals surface area contributed by atoms with E-state index in [-0.39, 0.29) is 10.3 Å². The third-order valence-corrected chi connectivity index (χ3v) is 4.14. The van der Waals surface area contributed by atoms with Crippen molar-refractivity contribution >= 4 is 21.9 Å². The zero-order valence-electron chi connectivity index (χ0n) is 10.6. The molecule has 2 aromatic rings. The van der Waals surface area contributed by atoms with Crippen LogP contribution >= 0.6 is 15.9 Å². The molecular weight excluding hydrogens is 350 g/mol. The van der Waals surface area contributed by atoms with Crippen LogP contribution in [-0.4, -0.2) is 31.3 Å². The molecule has 1 N–H and O–H groups in total. The molecule has 0 radical (unpaired) electrons. The number of carbonyl (C=O) groups is 1. The van der Waals surface area contributed by atoms with Gasteiger partial charge in [-0.2, -0.15) is 0 Å². The lowest BCUT2D eigenvalue weighted by atomic mass is 9.76. The summed E-state index contributed by atoms with van der Waals surface area (Å²) in [6, 6.07) is 2.15. The molecule has 1 fully saturated rings. The highest BCUT2D eigenvalue weighted by Gasteiger charge is 2.49. The minimum atomic E-state index is -1.33. The first-order valence-electron chi connectivity index (χ1n) is 6.13. The minimum absolute atomic E-state index is 0.223. The van der Waals surface area contributed by atoms with Crippen molar-refractivity contribution in [3.8, 4) is 11.4 Å². The van der Waals surface area contributed by atoms with E-state index in [1.54, 1.807) is 0 Å². The van der Waals surface area contributed by atoms with E-state index in [9.17, 15) is 18.7 Å². The summed E-state index contributed by atoms with van der Waals surface area (Å²) in [4.78, 5) is 11.5. The van der Waals surface area contributed by atoms with E-state index in [2.05, 4.69) is 31.5 Å². The summed E-state index contributed by atoms with van der Waals surface area (Å²) in [7, 11) is 0. The van der Waals surface area contributed by atoms with Crippen molar-refractivity contribution < 1.29 is 18.7 Å². The Hall–Kier alpha value is -1.90. The lowest BCUT2D eigenvalue weighted by Gasteiger charge is -2.37. The van der Waals surface area contributed by atoms with Gasteiger partial charge in [-0.1, -0.05) is 15.9 Å². The molecule has 1 aliphatic carbocycles. The lowest BCUT2D eigenvalue weighted by Crippen LogP contribution is -2.48. The van der Waals surface area contributed by atoms with Gasteiger partial charge in [0.15, 0.2) is 11.4 Å². The zero-order chi connectivity index (χ0) is 15.2. The lowest BCUT2D eigenvalue weighted by molar-refractivity contribution is -0.153. The predicted octanol–water partition coefficient (Wildman–Crippen LogP) is 2.34. The molecule has 3 rings (SSSR count). The molecule has 0 spiro atoms. The van der Waals surface area contributed by atoms with Gasteiger partial charge in [-0.05, 0) is 41.8 Å². The van der Waals surface area contributed by atoms with Gasteiger partial charge in [0.2, 0.25) is 0 Å². The molecular formula is C12H9BrF2N4O2. The highest BCUT2D eigenvalue weighted by atomic mass is 79.9. The van der Waals surface area contributed by atoms with Gasteiger partial charge >= 0.3 is 5.97 Å². The first-order chi connectivity index (χ1) is 9.95. The molecule has 0 atom stereocenters. The van der Waals surface area contributed by atoms with Gasteiger partial charge in [-0.3, -0.25) is 0 Å². The molecule has 21 heavy (non-hydrogen) atoms. The monoisotopic (exact) mass is 358 g/mol. The first kappa shape index (κ1) is 14.1. The number of nitrogens with zero attached hydrogens (tertiary/aromatic N) is 4. The highest BCUT2D eigenvalue weighted by Crippen LogP contribution is 2.41. The maximum absolute atomic E-state index is 14.0. The van der Waals surface area contributed by atoms with E-state index in [0.29, 0.717) is 19.3 Å². The van der Waals surface area contributed by atoms with Crippen molar-refractivity contribution in [3.63, 3.8) is 0 Å². The summed E-state index contributed by atoms with van der Waals surface area (Å²) >= 11 is 2.98. The SMILES string of the molecule is O=C(O)C1(n2nnnc2-c2c(F)cc(Br)cc2F)CCC1. The van der Waals surface area contributed by atoms with E-state index in [1.807, 2.05) is 0 Å². The van der Waals surface area contributed by atoms with Crippen LogP contribution in [0.1, 0.15) is 19.3 Å². The van der Waals surface area contributed by atoms with Crippen LogP contribution in [0.15, 0.2) is 16.6 Å². The smallest absolute Gasteiger partial charge is 0.331 e. The summed E-state index contributed by atoms with van der Waals surface area (Å²) in [5.74, 6) is -3.06. The van der Waals surface area contributed by atoms with Crippen molar-refractivity contribution in [2.75, 3.05) is 0 Å². The molecule has 0 amide bonds. The molecule has 6 nitrogen and oxygen atoms in total. The standard InChI is InChI=1S/C12H9BrF2N4O2/c13-6-4-7(14)9(8(15)5-6)10-16-17-18-19(10)12(11(20)21)2-1-3-12/h4-5H,1-3H2,(H,20,21). The molecule has 9 heteroatoms. The van der Waals surface area contributed by atoms with Gasteiger partial charge in [0, 0.05) is 4.47 Å².